The molecule has 1 aliphatic heterocycles. The predicted octanol–water partition coefficient (Wildman–Crippen LogP) is 3.87. The van der Waals surface area contributed by atoms with Gasteiger partial charge < -0.3 is 10.2 Å². The van der Waals surface area contributed by atoms with E-state index < -0.39 is 0 Å². The van der Waals surface area contributed by atoms with Crippen LogP contribution in [0.2, 0.25) is 0 Å². The van der Waals surface area contributed by atoms with Crippen molar-refractivity contribution in [3.05, 3.63) is 29.3 Å². The topological polar surface area (TPSA) is 15.3 Å². The lowest BCUT2D eigenvalue weighted by Crippen LogP contribution is -2.33. The van der Waals surface area contributed by atoms with Crippen LogP contribution in [0.4, 0.5) is 5.69 Å². The third-order valence-electron chi connectivity index (χ3n) is 4.81. The van der Waals surface area contributed by atoms with Gasteiger partial charge in [-0.1, -0.05) is 26.0 Å². The molecule has 1 unspecified atom stereocenters. The fourth-order valence-electron chi connectivity index (χ4n) is 3.48. The highest BCUT2D eigenvalue weighted by molar-refractivity contribution is 5.56. The maximum atomic E-state index is 3.60. The summed E-state index contributed by atoms with van der Waals surface area (Å²) in [7, 11) is 0. The van der Waals surface area contributed by atoms with Gasteiger partial charge in [-0.2, -0.15) is 0 Å². The number of hydrogen-bond donors (Lipinski definition) is 1. The third-order valence-corrected chi connectivity index (χ3v) is 4.81. The van der Waals surface area contributed by atoms with Crippen LogP contribution in [0.3, 0.4) is 0 Å². The maximum Gasteiger partial charge on any atom is 0.0398 e. The van der Waals surface area contributed by atoms with Gasteiger partial charge in [-0.15, -0.1) is 0 Å². The highest BCUT2D eigenvalue weighted by Gasteiger charge is 2.28. The average molecular weight is 272 g/mol. The van der Waals surface area contributed by atoms with Crippen molar-refractivity contribution in [1.29, 1.82) is 0 Å². The van der Waals surface area contributed by atoms with Gasteiger partial charge in [0.15, 0.2) is 0 Å². The first kappa shape index (κ1) is 13.9. The van der Waals surface area contributed by atoms with Crippen LogP contribution in [0.5, 0.6) is 0 Å². The number of anilines is 1. The highest BCUT2D eigenvalue weighted by Crippen LogP contribution is 2.32. The van der Waals surface area contributed by atoms with E-state index in [1.807, 2.05) is 0 Å². The van der Waals surface area contributed by atoms with Crippen LogP contribution in [0, 0.1) is 12.8 Å². The first-order chi connectivity index (χ1) is 9.65. The summed E-state index contributed by atoms with van der Waals surface area (Å²) in [4.78, 5) is 2.64. The molecule has 0 aromatic heterocycles. The Morgan fingerprint density at radius 1 is 1.25 bits per heavy atom. The van der Waals surface area contributed by atoms with Gasteiger partial charge in [0.25, 0.3) is 0 Å². The highest BCUT2D eigenvalue weighted by atomic mass is 15.2. The Bertz CT molecular complexity index is 462. The lowest BCUT2D eigenvalue weighted by molar-refractivity contribution is 0.491. The molecule has 1 saturated carbocycles. The third kappa shape index (κ3) is 3.01. The number of aryl methyl sites for hydroxylation is 1. The Kier molecular flexibility index (Phi) is 4.02. The smallest absolute Gasteiger partial charge is 0.0398 e. The van der Waals surface area contributed by atoms with Crippen LogP contribution < -0.4 is 10.2 Å². The van der Waals surface area contributed by atoms with Crippen LogP contribution in [0.1, 0.15) is 50.7 Å². The Hall–Kier alpha value is -1.02. The molecule has 0 radical (unpaired) electrons. The van der Waals surface area contributed by atoms with Crippen LogP contribution in [0.25, 0.3) is 0 Å². The Morgan fingerprint density at radius 2 is 2.05 bits per heavy atom. The summed E-state index contributed by atoms with van der Waals surface area (Å²) >= 11 is 0. The lowest BCUT2D eigenvalue weighted by atomic mass is 10.0. The van der Waals surface area contributed by atoms with Crippen LogP contribution in [-0.4, -0.2) is 18.6 Å². The molecule has 110 valence electrons. The first-order valence-electron chi connectivity index (χ1n) is 8.24. The molecule has 3 rings (SSSR count). The molecule has 0 spiro atoms. The normalized spacial score (nSPS) is 22.8. The molecule has 1 aromatic carbocycles. The van der Waals surface area contributed by atoms with Gasteiger partial charge >= 0.3 is 0 Å². The minimum atomic E-state index is 0.726. The molecule has 2 aliphatic rings. The Morgan fingerprint density at radius 3 is 2.70 bits per heavy atom. The van der Waals surface area contributed by atoms with Crippen LogP contribution in [-0.2, 0) is 6.54 Å². The molecule has 2 nitrogen and oxygen atoms in total. The second-order valence-electron chi connectivity index (χ2n) is 6.92. The number of hydrogen-bond acceptors (Lipinski definition) is 2. The summed E-state index contributed by atoms with van der Waals surface area (Å²) in [5.41, 5.74) is 4.32. The van der Waals surface area contributed by atoms with Gasteiger partial charge in [-0.25, -0.2) is 0 Å². The number of nitrogens with zero attached hydrogens (tertiary/aromatic N) is 1. The number of nitrogens with one attached hydrogen (secondary N) is 1. The summed E-state index contributed by atoms with van der Waals surface area (Å²) in [5.74, 6) is 0.744. The number of rotatable bonds is 5. The molecule has 1 atom stereocenters. The molecule has 1 heterocycles. The van der Waals surface area contributed by atoms with E-state index in [1.54, 1.807) is 0 Å². The molecule has 0 amide bonds. The van der Waals surface area contributed by atoms with Crippen molar-refractivity contribution in [1.82, 2.24) is 5.32 Å². The molecular weight excluding hydrogens is 244 g/mol. The van der Waals surface area contributed by atoms with Crippen molar-refractivity contribution in [2.75, 3.05) is 11.4 Å². The first-order valence-corrected chi connectivity index (χ1v) is 8.24. The number of benzene rings is 1. The van der Waals surface area contributed by atoms with Crippen molar-refractivity contribution in [2.24, 2.45) is 5.92 Å². The Labute approximate surface area is 123 Å². The van der Waals surface area contributed by atoms with Crippen molar-refractivity contribution >= 4 is 5.69 Å². The molecule has 2 heteroatoms. The quantitative estimate of drug-likeness (QED) is 0.875. The molecule has 1 aliphatic carbocycles. The van der Waals surface area contributed by atoms with Gasteiger partial charge in [0, 0.05) is 30.9 Å². The van der Waals surface area contributed by atoms with E-state index in [9.17, 15) is 0 Å². The summed E-state index contributed by atoms with van der Waals surface area (Å²) in [6, 6.07) is 8.55. The monoisotopic (exact) mass is 272 g/mol. The van der Waals surface area contributed by atoms with E-state index in [0.29, 0.717) is 0 Å². The van der Waals surface area contributed by atoms with Gasteiger partial charge in [0.05, 0.1) is 0 Å². The molecule has 1 saturated heterocycles. The summed E-state index contributed by atoms with van der Waals surface area (Å²) in [5, 5.41) is 3.60. The van der Waals surface area contributed by atoms with Crippen LogP contribution >= 0.6 is 0 Å². The fourth-order valence-corrected chi connectivity index (χ4v) is 3.48. The van der Waals surface area contributed by atoms with E-state index in [-0.39, 0.29) is 0 Å². The van der Waals surface area contributed by atoms with E-state index >= 15 is 0 Å². The summed E-state index contributed by atoms with van der Waals surface area (Å²) < 4.78 is 0. The second kappa shape index (κ2) is 5.77. The average Bonchev–Trinajstić information content (AvgIpc) is 3.11. The van der Waals surface area contributed by atoms with E-state index in [0.717, 1.165) is 24.5 Å². The zero-order valence-electron chi connectivity index (χ0n) is 13.2. The zero-order valence-corrected chi connectivity index (χ0v) is 13.2. The van der Waals surface area contributed by atoms with Gasteiger partial charge in [-0.05, 0) is 55.7 Å². The summed E-state index contributed by atoms with van der Waals surface area (Å²) in [6.45, 7) is 9.23. The summed E-state index contributed by atoms with van der Waals surface area (Å²) in [6.07, 6.45) is 5.41. The molecule has 2 fully saturated rings. The molecule has 1 aromatic rings. The van der Waals surface area contributed by atoms with Crippen molar-refractivity contribution in [3.8, 4) is 0 Å². The van der Waals surface area contributed by atoms with Gasteiger partial charge in [0.1, 0.15) is 0 Å². The second-order valence-corrected chi connectivity index (χ2v) is 6.92. The molecule has 20 heavy (non-hydrogen) atoms. The SMILES string of the molecule is Cc1cc(CNC2CC2)ccc1N1CCCC1C(C)C. The minimum absolute atomic E-state index is 0.726. The Balaban J connectivity index is 1.72. The van der Waals surface area contributed by atoms with Crippen molar-refractivity contribution in [3.63, 3.8) is 0 Å². The van der Waals surface area contributed by atoms with Crippen molar-refractivity contribution < 1.29 is 0 Å². The zero-order chi connectivity index (χ0) is 14.1. The molecule has 0 bridgehead atoms. The maximum absolute atomic E-state index is 3.60. The standard InChI is InChI=1S/C18H28N2/c1-13(2)17-5-4-10-20(17)18-9-6-15(11-14(18)3)12-19-16-7-8-16/h6,9,11,13,16-17,19H,4-5,7-8,10,12H2,1-3H3. The molecular formula is C18H28N2. The molecule has 1 N–H and O–H groups in total. The largest absolute Gasteiger partial charge is 0.368 e. The predicted molar refractivity (Wildman–Crippen MR) is 86.2 cm³/mol. The minimum Gasteiger partial charge on any atom is -0.368 e. The van der Waals surface area contributed by atoms with Gasteiger partial charge in [-0.3, -0.25) is 0 Å². The van der Waals surface area contributed by atoms with E-state index in [1.165, 1.54) is 49.0 Å². The fraction of sp³-hybridized carbons (Fsp3) is 0.667. The van der Waals surface area contributed by atoms with Crippen molar-refractivity contribution in [2.45, 2.75) is 65.1 Å². The van der Waals surface area contributed by atoms with Gasteiger partial charge in [0.2, 0.25) is 0 Å². The lowest BCUT2D eigenvalue weighted by Gasteiger charge is -2.31. The van der Waals surface area contributed by atoms with Crippen LogP contribution in [0.15, 0.2) is 18.2 Å². The van der Waals surface area contributed by atoms with E-state index in [2.05, 4.69) is 49.2 Å². The van der Waals surface area contributed by atoms with E-state index in [4.69, 9.17) is 0 Å².